The first-order valence-corrected chi connectivity index (χ1v) is 9.32. The maximum Gasteiger partial charge on any atom is 0.432 e. The maximum absolute atomic E-state index is 13.6. The number of hydrogen-bond acceptors (Lipinski definition) is 4. The lowest BCUT2D eigenvalue weighted by Crippen LogP contribution is -2.70. The van der Waals surface area contributed by atoms with Crippen LogP contribution >= 0.6 is 0 Å². The summed E-state index contributed by atoms with van der Waals surface area (Å²) in [6.45, 7) is 0. The molecular weight excluding hydrogens is 375 g/mol. The van der Waals surface area contributed by atoms with Crippen molar-refractivity contribution in [1.29, 1.82) is 0 Å². The van der Waals surface area contributed by atoms with Gasteiger partial charge in [-0.05, 0) is 55.3 Å². The zero-order valence-electron chi connectivity index (χ0n) is 12.7. The van der Waals surface area contributed by atoms with Crippen molar-refractivity contribution in [3.63, 3.8) is 0 Å². The van der Waals surface area contributed by atoms with E-state index in [4.69, 9.17) is 4.55 Å². The Bertz CT molecular complexity index is 749. The molecule has 0 aromatic carbocycles. The van der Waals surface area contributed by atoms with E-state index >= 15 is 0 Å². The molecule has 2 bridgehead atoms. The molecule has 5 nitrogen and oxygen atoms in total. The van der Waals surface area contributed by atoms with Gasteiger partial charge in [0, 0.05) is 0 Å². The number of fused-ring (bicyclic) bond motifs is 1. The van der Waals surface area contributed by atoms with E-state index in [-0.39, 0.29) is 17.8 Å². The first-order chi connectivity index (χ1) is 11.3. The van der Waals surface area contributed by atoms with E-state index in [9.17, 15) is 35.2 Å². The number of carbonyl (C=O) groups is 1. The van der Waals surface area contributed by atoms with Gasteiger partial charge in [-0.2, -0.15) is 30.4 Å². The molecule has 0 heterocycles. The summed E-state index contributed by atoms with van der Waals surface area (Å²) in [6.07, 6.45) is -7.04. The molecule has 4 aliphatic carbocycles. The minimum Gasteiger partial charge on any atom is -0.444 e. The second-order valence-corrected chi connectivity index (χ2v) is 9.32. The molecule has 4 fully saturated rings. The van der Waals surface area contributed by atoms with E-state index in [0.29, 0.717) is 19.3 Å². The number of ether oxygens (including phenoxy) is 1. The summed E-state index contributed by atoms with van der Waals surface area (Å²) in [5.74, 6) is -0.856. The van der Waals surface area contributed by atoms with Crippen molar-refractivity contribution in [2.45, 2.75) is 49.6 Å². The van der Waals surface area contributed by atoms with Gasteiger partial charge >= 0.3 is 27.5 Å². The summed E-state index contributed by atoms with van der Waals surface area (Å²) in [4.78, 5) is 12.5. The quantitative estimate of drug-likeness (QED) is 0.454. The second kappa shape index (κ2) is 4.47. The van der Waals surface area contributed by atoms with Crippen LogP contribution < -0.4 is 0 Å². The fourth-order valence-corrected chi connectivity index (χ4v) is 6.67. The fraction of sp³-hybridized carbons (Fsp3) is 0.929. The first kappa shape index (κ1) is 17.4. The van der Waals surface area contributed by atoms with Gasteiger partial charge in [0.05, 0.1) is 5.41 Å². The zero-order chi connectivity index (χ0) is 18.6. The Morgan fingerprint density at radius 1 is 1.08 bits per heavy atom. The number of carbonyl (C=O) groups excluding carboxylic acids is 1. The summed E-state index contributed by atoms with van der Waals surface area (Å²) in [5.41, 5.74) is -1.68. The molecule has 0 amide bonds. The van der Waals surface area contributed by atoms with Gasteiger partial charge in [-0.3, -0.25) is 9.35 Å². The molecule has 0 saturated heterocycles. The van der Waals surface area contributed by atoms with Gasteiger partial charge in [-0.15, -0.1) is 0 Å². The van der Waals surface area contributed by atoms with Crippen LogP contribution in [0.25, 0.3) is 0 Å². The molecule has 4 aliphatic rings. The van der Waals surface area contributed by atoms with Gasteiger partial charge < -0.3 is 4.74 Å². The van der Waals surface area contributed by atoms with Crippen LogP contribution in [0.3, 0.4) is 0 Å². The average molecular weight is 390 g/mol. The average Bonchev–Trinajstić information content (AvgIpc) is 2.89. The molecule has 0 aliphatic heterocycles. The maximum atomic E-state index is 13.6. The third kappa shape index (κ3) is 1.86. The van der Waals surface area contributed by atoms with Gasteiger partial charge in [0.2, 0.25) is 0 Å². The van der Waals surface area contributed by atoms with Crippen LogP contribution in [0.4, 0.5) is 22.0 Å². The lowest BCUT2D eigenvalue weighted by atomic mass is 9.32. The minimum absolute atomic E-state index is 0.163. The van der Waals surface area contributed by atoms with Gasteiger partial charge in [-0.25, -0.2) is 0 Å². The van der Waals surface area contributed by atoms with Crippen molar-refractivity contribution in [1.82, 2.24) is 0 Å². The molecule has 1 N–H and O–H groups in total. The number of halogens is 5. The Morgan fingerprint density at radius 2 is 1.72 bits per heavy atom. The molecule has 0 radical (unpaired) electrons. The van der Waals surface area contributed by atoms with E-state index in [1.54, 1.807) is 0 Å². The van der Waals surface area contributed by atoms with E-state index in [1.807, 2.05) is 0 Å². The van der Waals surface area contributed by atoms with E-state index in [2.05, 4.69) is 4.74 Å². The Labute approximate surface area is 139 Å². The number of alkyl halides is 5. The zero-order valence-corrected chi connectivity index (χ0v) is 13.5. The molecule has 6 unspecified atom stereocenters. The van der Waals surface area contributed by atoms with Gasteiger partial charge in [0.1, 0.15) is 0 Å². The molecule has 4 saturated carbocycles. The third-order valence-corrected chi connectivity index (χ3v) is 7.86. The summed E-state index contributed by atoms with van der Waals surface area (Å²) in [6, 6.07) is 0. The van der Waals surface area contributed by atoms with E-state index < -0.39 is 44.5 Å². The Kier molecular flexibility index (Phi) is 3.12. The molecule has 6 atom stereocenters. The Hall–Kier alpha value is -0.970. The van der Waals surface area contributed by atoms with Crippen LogP contribution in [0.2, 0.25) is 0 Å². The van der Waals surface area contributed by atoms with Crippen LogP contribution in [-0.2, 0) is 19.6 Å². The topological polar surface area (TPSA) is 80.7 Å². The first-order valence-electron chi connectivity index (χ1n) is 7.88. The normalized spacial score (nSPS) is 43.0. The summed E-state index contributed by atoms with van der Waals surface area (Å²) in [5, 5.41) is -5.67. The van der Waals surface area contributed by atoms with Crippen molar-refractivity contribution in [2.24, 2.45) is 28.6 Å². The summed E-state index contributed by atoms with van der Waals surface area (Å²) >= 11 is 0. The molecule has 142 valence electrons. The SMILES string of the molecule is O=C(OC(C(F)(F)F)C(F)(F)S(=O)(=O)O)C12CC3CC4CC(C1)C42C3. The molecular formula is C14H15F5O5S. The van der Waals surface area contributed by atoms with Crippen LogP contribution in [0.1, 0.15) is 32.1 Å². The molecule has 4 rings (SSSR count). The van der Waals surface area contributed by atoms with Crippen molar-refractivity contribution < 1.29 is 44.5 Å². The Morgan fingerprint density at radius 3 is 2.20 bits per heavy atom. The van der Waals surface area contributed by atoms with Crippen LogP contribution in [0.15, 0.2) is 0 Å². The number of rotatable bonds is 4. The van der Waals surface area contributed by atoms with Crippen molar-refractivity contribution in [2.75, 3.05) is 0 Å². The highest BCUT2D eigenvalue weighted by molar-refractivity contribution is 7.86. The Balaban J connectivity index is 1.63. The monoisotopic (exact) mass is 390 g/mol. The van der Waals surface area contributed by atoms with Gasteiger partial charge in [-0.1, -0.05) is 0 Å². The highest BCUT2D eigenvalue weighted by Gasteiger charge is 2.84. The molecule has 1 spiro atoms. The standard InChI is InChI=1S/C14H15F5O5S/c15-13(16,17)9(14(18,19)25(21,22)23)24-10(20)11-3-6-1-7-2-8(5-11)12(7,11)4-6/h6-9H,1-5H2,(H,21,22,23). The lowest BCUT2D eigenvalue weighted by Gasteiger charge is -2.71. The molecule has 0 aromatic rings. The van der Waals surface area contributed by atoms with Crippen molar-refractivity contribution in [3.05, 3.63) is 0 Å². The smallest absolute Gasteiger partial charge is 0.432 e. The fourth-order valence-electron chi connectivity index (χ4n) is 6.22. The number of esters is 1. The van der Waals surface area contributed by atoms with Crippen LogP contribution in [-0.4, -0.2) is 36.5 Å². The van der Waals surface area contributed by atoms with Crippen LogP contribution in [0, 0.1) is 28.6 Å². The van der Waals surface area contributed by atoms with Gasteiger partial charge in [0.25, 0.3) is 6.10 Å². The molecule has 0 aromatic heterocycles. The summed E-state index contributed by atoms with van der Waals surface area (Å²) < 4.78 is 100. The van der Waals surface area contributed by atoms with E-state index in [0.717, 1.165) is 12.8 Å². The predicted octanol–water partition coefficient (Wildman–Crippen LogP) is 2.77. The molecule has 25 heavy (non-hydrogen) atoms. The van der Waals surface area contributed by atoms with Crippen molar-refractivity contribution >= 4 is 16.1 Å². The highest BCUT2D eigenvalue weighted by atomic mass is 32.2. The van der Waals surface area contributed by atoms with Crippen molar-refractivity contribution in [3.8, 4) is 0 Å². The third-order valence-electron chi connectivity index (χ3n) is 6.96. The second-order valence-electron chi connectivity index (χ2n) is 7.83. The summed E-state index contributed by atoms with van der Waals surface area (Å²) in [7, 11) is -6.41. The van der Waals surface area contributed by atoms with E-state index in [1.165, 1.54) is 0 Å². The number of hydrogen-bond donors (Lipinski definition) is 1. The highest BCUT2D eigenvalue weighted by Crippen LogP contribution is 2.86. The van der Waals surface area contributed by atoms with Gasteiger partial charge in [0.15, 0.2) is 0 Å². The molecule has 11 heteroatoms. The minimum atomic E-state index is -6.41. The van der Waals surface area contributed by atoms with Crippen LogP contribution in [0.5, 0.6) is 0 Å². The lowest BCUT2D eigenvalue weighted by molar-refractivity contribution is -0.287. The largest absolute Gasteiger partial charge is 0.444 e. The predicted molar refractivity (Wildman–Crippen MR) is 70.9 cm³/mol.